The minimum atomic E-state index is -1.05. The Kier molecular flexibility index (Phi) is 7.02. The maximum Gasteiger partial charge on any atom is 0.338 e. The monoisotopic (exact) mass is 392 g/mol. The van der Waals surface area contributed by atoms with E-state index in [4.69, 9.17) is 9.47 Å². The molecule has 2 rings (SSSR count). The van der Waals surface area contributed by atoms with Crippen LogP contribution in [-0.4, -0.2) is 50.0 Å². The lowest BCUT2D eigenvalue weighted by Crippen LogP contribution is -2.37. The van der Waals surface area contributed by atoms with E-state index < -0.39 is 36.0 Å². The van der Waals surface area contributed by atoms with Crippen LogP contribution in [-0.2, 0) is 14.3 Å². The Labute approximate surface area is 159 Å². The van der Waals surface area contributed by atoms with Gasteiger partial charge >= 0.3 is 5.97 Å². The summed E-state index contributed by atoms with van der Waals surface area (Å²) in [6.07, 6.45) is 0. The quantitative estimate of drug-likeness (QED) is 0.731. The molecule has 7 nitrogen and oxygen atoms in total. The van der Waals surface area contributed by atoms with E-state index in [1.54, 1.807) is 24.3 Å². The Morgan fingerprint density at radius 3 is 2.39 bits per heavy atom. The zero-order chi connectivity index (χ0) is 20.7. The number of hydrogen-bond donors (Lipinski definition) is 1. The average Bonchev–Trinajstić information content (AvgIpc) is 2.64. The van der Waals surface area contributed by atoms with Crippen LogP contribution >= 0.6 is 0 Å². The van der Waals surface area contributed by atoms with Crippen molar-refractivity contribution in [3.63, 3.8) is 0 Å². The second-order valence-corrected chi connectivity index (χ2v) is 5.76. The fourth-order valence-corrected chi connectivity index (χ4v) is 2.20. The molecule has 0 unspecified atom stereocenters. The van der Waals surface area contributed by atoms with Crippen molar-refractivity contribution in [2.24, 2.45) is 0 Å². The smallest absolute Gasteiger partial charge is 0.338 e. The average molecular weight is 392 g/mol. The molecule has 148 valence electrons. The lowest BCUT2D eigenvalue weighted by atomic mass is 10.2. The van der Waals surface area contributed by atoms with E-state index in [-0.39, 0.29) is 12.1 Å². The predicted octanol–water partition coefficient (Wildman–Crippen LogP) is 2.23. The van der Waals surface area contributed by atoms with Crippen molar-refractivity contribution in [1.82, 2.24) is 4.90 Å². The maximum atomic E-state index is 13.1. The largest absolute Gasteiger partial charge is 0.497 e. The zero-order valence-corrected chi connectivity index (χ0v) is 15.2. The molecule has 0 spiro atoms. The summed E-state index contributed by atoms with van der Waals surface area (Å²) in [5.74, 6) is -3.51. The second kappa shape index (κ2) is 9.45. The molecule has 0 atom stereocenters. The van der Waals surface area contributed by atoms with E-state index in [2.05, 4.69) is 5.32 Å². The molecule has 2 aromatic rings. The van der Waals surface area contributed by atoms with Gasteiger partial charge in [-0.05, 0) is 24.3 Å². The number of hydrogen-bond acceptors (Lipinski definition) is 5. The summed E-state index contributed by atoms with van der Waals surface area (Å²) in [5, 5.41) is 2.60. The molecule has 0 radical (unpaired) electrons. The van der Waals surface area contributed by atoms with Gasteiger partial charge < -0.3 is 19.7 Å². The maximum absolute atomic E-state index is 13.1. The van der Waals surface area contributed by atoms with Gasteiger partial charge in [-0.2, -0.15) is 0 Å². The molecule has 0 saturated heterocycles. The number of nitrogens with one attached hydrogen (secondary N) is 1. The number of carbonyl (C=O) groups excluding carboxylic acids is 3. The molecule has 0 aliphatic carbocycles. The number of likely N-dealkylation sites (N-methyl/N-ethyl adjacent to an activating group) is 1. The van der Waals surface area contributed by atoms with Crippen molar-refractivity contribution in [1.29, 1.82) is 0 Å². The normalized spacial score (nSPS) is 10.1. The number of halogens is 2. The molecule has 2 aromatic carbocycles. The van der Waals surface area contributed by atoms with E-state index in [1.807, 2.05) is 0 Å². The fourth-order valence-electron chi connectivity index (χ4n) is 2.20. The number of methoxy groups -OCH3 is 1. The SMILES string of the molecule is COc1cccc(NC(=O)CN(C)C(=O)COC(=O)c2cc(F)cc(F)c2)c1. The first-order chi connectivity index (χ1) is 13.3. The molecule has 0 fully saturated rings. The fraction of sp³-hybridized carbons (Fsp3) is 0.211. The van der Waals surface area contributed by atoms with Crippen molar-refractivity contribution in [3.05, 3.63) is 59.7 Å². The van der Waals surface area contributed by atoms with Gasteiger partial charge in [0.05, 0.1) is 19.2 Å². The molecule has 0 heterocycles. The lowest BCUT2D eigenvalue weighted by molar-refractivity contribution is -0.136. The van der Waals surface area contributed by atoms with Gasteiger partial charge in [0.2, 0.25) is 5.91 Å². The van der Waals surface area contributed by atoms with Gasteiger partial charge in [0, 0.05) is 24.9 Å². The number of benzene rings is 2. The van der Waals surface area contributed by atoms with Crippen LogP contribution in [0, 0.1) is 11.6 Å². The van der Waals surface area contributed by atoms with Crippen LogP contribution in [0.2, 0.25) is 0 Å². The lowest BCUT2D eigenvalue weighted by Gasteiger charge is -2.17. The minimum absolute atomic E-state index is 0.289. The van der Waals surface area contributed by atoms with E-state index in [0.29, 0.717) is 17.5 Å². The van der Waals surface area contributed by atoms with Crippen LogP contribution in [0.5, 0.6) is 5.75 Å². The van der Waals surface area contributed by atoms with Gasteiger partial charge in [-0.25, -0.2) is 13.6 Å². The Morgan fingerprint density at radius 1 is 1.07 bits per heavy atom. The molecule has 0 aliphatic heterocycles. The summed E-state index contributed by atoms with van der Waals surface area (Å²) >= 11 is 0. The highest BCUT2D eigenvalue weighted by molar-refractivity contribution is 5.95. The van der Waals surface area contributed by atoms with Crippen LogP contribution in [0.1, 0.15) is 10.4 Å². The number of amides is 2. The van der Waals surface area contributed by atoms with Crippen LogP contribution in [0.15, 0.2) is 42.5 Å². The predicted molar refractivity (Wildman–Crippen MR) is 95.9 cm³/mol. The summed E-state index contributed by atoms with van der Waals surface area (Å²) in [4.78, 5) is 36.9. The minimum Gasteiger partial charge on any atom is -0.497 e. The summed E-state index contributed by atoms with van der Waals surface area (Å²) < 4.78 is 36.0. The van der Waals surface area contributed by atoms with Crippen molar-refractivity contribution in [2.75, 3.05) is 32.6 Å². The molecule has 1 N–H and O–H groups in total. The van der Waals surface area contributed by atoms with E-state index in [1.165, 1.54) is 14.2 Å². The van der Waals surface area contributed by atoms with Gasteiger partial charge in [-0.1, -0.05) is 6.07 Å². The third-order valence-electron chi connectivity index (χ3n) is 3.59. The number of anilines is 1. The molecular weight excluding hydrogens is 374 g/mol. The highest BCUT2D eigenvalue weighted by atomic mass is 19.1. The first kappa shape index (κ1) is 20.8. The van der Waals surface area contributed by atoms with Crippen LogP contribution in [0.3, 0.4) is 0 Å². The Bertz CT molecular complexity index is 868. The highest BCUT2D eigenvalue weighted by Gasteiger charge is 2.17. The number of rotatable bonds is 7. The molecular formula is C19H18F2N2O5. The summed E-state index contributed by atoms with van der Waals surface area (Å²) in [5.41, 5.74) is 0.133. The van der Waals surface area contributed by atoms with Crippen molar-refractivity contribution < 1.29 is 32.6 Å². The first-order valence-electron chi connectivity index (χ1n) is 8.09. The number of nitrogens with zero attached hydrogens (tertiary/aromatic N) is 1. The Morgan fingerprint density at radius 2 is 1.75 bits per heavy atom. The van der Waals surface area contributed by atoms with Crippen LogP contribution in [0.25, 0.3) is 0 Å². The molecule has 0 saturated carbocycles. The molecule has 9 heteroatoms. The second-order valence-electron chi connectivity index (χ2n) is 5.76. The summed E-state index contributed by atoms with van der Waals surface area (Å²) in [6, 6.07) is 8.86. The van der Waals surface area contributed by atoms with Crippen molar-refractivity contribution in [2.45, 2.75) is 0 Å². The number of carbonyl (C=O) groups is 3. The Hall–Kier alpha value is -3.49. The standard InChI is InChI=1S/C19H18F2N2O5/c1-23(10-17(24)22-15-4-3-5-16(9-15)27-2)18(25)11-28-19(26)12-6-13(20)8-14(21)7-12/h3-9H,10-11H2,1-2H3,(H,22,24). The van der Waals surface area contributed by atoms with Crippen LogP contribution in [0.4, 0.5) is 14.5 Å². The zero-order valence-electron chi connectivity index (χ0n) is 15.2. The van der Waals surface area contributed by atoms with Crippen molar-refractivity contribution in [3.8, 4) is 5.75 Å². The third kappa shape index (κ3) is 6.04. The van der Waals surface area contributed by atoms with Crippen molar-refractivity contribution >= 4 is 23.5 Å². The molecule has 28 heavy (non-hydrogen) atoms. The summed E-state index contributed by atoms with van der Waals surface area (Å²) in [6.45, 7) is -0.970. The van der Waals surface area contributed by atoms with E-state index in [0.717, 1.165) is 17.0 Å². The Balaban J connectivity index is 1.84. The van der Waals surface area contributed by atoms with Gasteiger partial charge in [0.25, 0.3) is 5.91 Å². The van der Waals surface area contributed by atoms with Gasteiger partial charge in [-0.15, -0.1) is 0 Å². The molecule has 2 amide bonds. The van der Waals surface area contributed by atoms with Gasteiger partial charge in [0.1, 0.15) is 17.4 Å². The van der Waals surface area contributed by atoms with E-state index >= 15 is 0 Å². The van der Waals surface area contributed by atoms with Gasteiger partial charge in [-0.3, -0.25) is 9.59 Å². The number of esters is 1. The summed E-state index contributed by atoms with van der Waals surface area (Å²) in [7, 11) is 2.84. The topological polar surface area (TPSA) is 84.9 Å². The highest BCUT2D eigenvalue weighted by Crippen LogP contribution is 2.16. The molecule has 0 aromatic heterocycles. The number of ether oxygens (including phenoxy) is 2. The first-order valence-corrected chi connectivity index (χ1v) is 8.09. The van der Waals surface area contributed by atoms with Crippen LogP contribution < -0.4 is 10.1 Å². The van der Waals surface area contributed by atoms with Gasteiger partial charge in [0.15, 0.2) is 6.61 Å². The molecule has 0 bridgehead atoms. The molecule has 0 aliphatic rings. The van der Waals surface area contributed by atoms with E-state index in [9.17, 15) is 23.2 Å². The third-order valence-corrected chi connectivity index (χ3v) is 3.59.